The van der Waals surface area contributed by atoms with Gasteiger partial charge in [-0.1, -0.05) is 37.6 Å². The molecular weight excluding hydrogens is 1030 g/mol. The molecule has 8 aliphatic rings. The minimum Gasteiger partial charge on any atom is -0.371 e. The van der Waals surface area contributed by atoms with E-state index in [1.165, 1.54) is 25.3 Å². The Morgan fingerprint density at radius 3 is 2.19 bits per heavy atom. The molecule has 422 valence electrons. The first kappa shape index (κ1) is 52.8. The van der Waals surface area contributed by atoms with E-state index in [1.807, 2.05) is 27.4 Å². The lowest BCUT2D eigenvalue weighted by Gasteiger charge is -2.48. The van der Waals surface area contributed by atoms with Gasteiger partial charge in [-0.05, 0) is 146 Å². The van der Waals surface area contributed by atoms with Crippen LogP contribution in [0.3, 0.4) is 0 Å². The summed E-state index contributed by atoms with van der Waals surface area (Å²) in [6.07, 6.45) is 10.8. The third-order valence-corrected chi connectivity index (χ3v) is 19.5. The predicted octanol–water partition coefficient (Wildman–Crippen LogP) is 7.73. The average molecular weight is 1100 g/mol. The standard InChI is InChI=1S/C62H70FN11O7/c1-37(2)72-36-64-49-35-48(66-54(53(49)72)65-47-10-6-5-9-46(47)63)39-11-14-45-51(31-39)73(42-32-41(33-42)68-23-7-4-8-24-68)60(81)62(45)21-29-71(30-22-62)59(80)61(3)19-27-70(28-20-61)56(77)38-17-25-69(26-18-38)40-12-13-43-44(34-40)58(79)74(57(43)78)50-15-16-52(75)67-55(50)76/h5-6,9-14,31,34-38,41-42,50H,4,7-8,15-30,32-33H2,1-3H3,(H,65,66)(H,67,75,76). The second-order valence-electron chi connectivity index (χ2n) is 24.6. The summed E-state index contributed by atoms with van der Waals surface area (Å²) in [7, 11) is 0. The van der Waals surface area contributed by atoms with Gasteiger partial charge in [0.1, 0.15) is 17.4 Å². The largest absolute Gasteiger partial charge is 0.371 e. The maximum Gasteiger partial charge on any atom is 0.262 e. The number of piperidine rings is 5. The van der Waals surface area contributed by atoms with Gasteiger partial charge in [0, 0.05) is 92.1 Å². The van der Waals surface area contributed by atoms with Crippen LogP contribution >= 0.6 is 0 Å². The SMILES string of the molecule is CC(C)n1cnc2cc(-c3ccc4c(c3)N(C3CC(N5CCCCC5)C3)C(=O)C43CCN(C(=O)C4(C)CCN(C(=O)C5CCN(c6ccc7c(c6)C(=O)N(C6CCC(=O)NC6=O)C7=O)CC5)CC4)CC3)nc(Nc3ccccc3F)c21. The Morgan fingerprint density at radius 1 is 0.753 bits per heavy atom. The molecule has 5 aromatic rings. The molecule has 1 spiro atoms. The fourth-order valence-electron chi connectivity index (χ4n) is 14.5. The molecule has 1 atom stereocenters. The number of pyridine rings is 1. The molecule has 81 heavy (non-hydrogen) atoms. The van der Waals surface area contributed by atoms with Crippen molar-refractivity contribution in [3.05, 3.63) is 95.6 Å². The zero-order valence-electron chi connectivity index (χ0n) is 46.4. The van der Waals surface area contributed by atoms with Crippen molar-refractivity contribution in [2.75, 3.05) is 67.5 Å². The number of imidazole rings is 1. The maximum absolute atomic E-state index is 15.4. The van der Waals surface area contributed by atoms with Crippen LogP contribution in [-0.4, -0.2) is 146 Å². The van der Waals surface area contributed by atoms with Gasteiger partial charge in [-0.3, -0.25) is 43.8 Å². The van der Waals surface area contributed by atoms with E-state index in [9.17, 15) is 28.8 Å². The third kappa shape index (κ3) is 9.04. The molecule has 0 bridgehead atoms. The highest BCUT2D eigenvalue weighted by Gasteiger charge is 2.57. The average Bonchev–Trinajstić information content (AvgIpc) is 3.13. The molecule has 6 fully saturated rings. The number of fused-ring (bicyclic) bond motifs is 4. The zero-order chi connectivity index (χ0) is 56.1. The Morgan fingerprint density at radius 2 is 1.47 bits per heavy atom. The number of anilines is 4. The number of halogens is 1. The van der Waals surface area contributed by atoms with Crippen molar-refractivity contribution in [1.29, 1.82) is 0 Å². The Balaban J connectivity index is 0.674. The second-order valence-corrected chi connectivity index (χ2v) is 24.6. The summed E-state index contributed by atoms with van der Waals surface area (Å²) in [5.41, 5.74) is 4.99. The van der Waals surface area contributed by atoms with E-state index >= 15 is 9.18 Å². The molecule has 3 aromatic carbocycles. The van der Waals surface area contributed by atoms with Crippen LogP contribution in [0.25, 0.3) is 22.3 Å². The van der Waals surface area contributed by atoms with Gasteiger partial charge in [0.25, 0.3) is 11.8 Å². The molecule has 1 saturated carbocycles. The molecule has 1 unspecified atom stereocenters. The van der Waals surface area contributed by atoms with Crippen LogP contribution in [0.1, 0.15) is 137 Å². The molecule has 9 heterocycles. The van der Waals surface area contributed by atoms with Crippen LogP contribution in [0.5, 0.6) is 0 Å². The normalized spacial score (nSPS) is 24.0. The smallest absolute Gasteiger partial charge is 0.262 e. The highest BCUT2D eigenvalue weighted by atomic mass is 19.1. The minimum absolute atomic E-state index is 0.0498. The van der Waals surface area contributed by atoms with Crippen molar-refractivity contribution in [2.45, 2.75) is 134 Å². The number of nitrogens with one attached hydrogen (secondary N) is 2. The Labute approximate surface area is 470 Å². The number of likely N-dealkylation sites (tertiary alicyclic amines) is 3. The predicted molar refractivity (Wildman–Crippen MR) is 302 cm³/mol. The highest BCUT2D eigenvalue weighted by molar-refractivity contribution is 6.24. The van der Waals surface area contributed by atoms with E-state index in [-0.39, 0.29) is 65.5 Å². The van der Waals surface area contributed by atoms with Gasteiger partial charge in [-0.2, -0.15) is 0 Å². The molecule has 1 aliphatic carbocycles. The number of carbonyl (C=O) groups is 7. The second kappa shape index (κ2) is 20.5. The summed E-state index contributed by atoms with van der Waals surface area (Å²) >= 11 is 0. The Kier molecular flexibility index (Phi) is 13.3. The van der Waals surface area contributed by atoms with Crippen molar-refractivity contribution in [3.8, 4) is 11.3 Å². The van der Waals surface area contributed by atoms with Crippen molar-refractivity contribution in [3.63, 3.8) is 0 Å². The quantitative estimate of drug-likeness (QED) is 0.130. The number of nitrogens with zero attached hydrogens (tertiary/aromatic N) is 9. The van der Waals surface area contributed by atoms with E-state index in [4.69, 9.17) is 9.97 Å². The van der Waals surface area contributed by atoms with Crippen LogP contribution in [0.2, 0.25) is 0 Å². The fraction of sp³-hybridized carbons (Fsp3) is 0.500. The van der Waals surface area contributed by atoms with E-state index in [1.54, 1.807) is 42.7 Å². The molecule has 13 rings (SSSR count). The number of hydrogen-bond acceptors (Lipinski definition) is 12. The molecule has 18 nitrogen and oxygen atoms in total. The van der Waals surface area contributed by atoms with Crippen molar-refractivity contribution >= 4 is 75.3 Å². The van der Waals surface area contributed by atoms with Gasteiger partial charge in [0.15, 0.2) is 5.82 Å². The number of hydrogen-bond donors (Lipinski definition) is 2. The molecule has 0 radical (unpaired) electrons. The van der Waals surface area contributed by atoms with Gasteiger partial charge in [0.2, 0.25) is 29.5 Å². The van der Waals surface area contributed by atoms with Crippen LogP contribution in [0, 0.1) is 17.2 Å². The number of rotatable bonds is 10. The summed E-state index contributed by atoms with van der Waals surface area (Å²) in [4.78, 5) is 117. The first-order valence-electron chi connectivity index (χ1n) is 29.4. The summed E-state index contributed by atoms with van der Waals surface area (Å²) < 4.78 is 17.2. The van der Waals surface area contributed by atoms with Crippen molar-refractivity contribution in [1.82, 2.24) is 39.5 Å². The summed E-state index contributed by atoms with van der Waals surface area (Å²) in [5.74, 6) is -1.96. The number of para-hydroxylation sites is 1. The maximum atomic E-state index is 15.4. The topological polar surface area (TPSA) is 194 Å². The third-order valence-electron chi connectivity index (χ3n) is 19.5. The lowest BCUT2D eigenvalue weighted by Crippen LogP contribution is -2.59. The molecular formula is C62H70FN11O7. The molecule has 7 aliphatic heterocycles. The van der Waals surface area contributed by atoms with Gasteiger partial charge in [-0.25, -0.2) is 14.4 Å². The Hall–Kier alpha value is -7.54. The summed E-state index contributed by atoms with van der Waals surface area (Å²) in [6, 6.07) is 19.5. The number of imide groups is 2. The molecule has 5 saturated heterocycles. The molecule has 2 aromatic heterocycles. The lowest BCUT2D eigenvalue weighted by molar-refractivity contribution is -0.150. The van der Waals surface area contributed by atoms with Gasteiger partial charge >= 0.3 is 0 Å². The summed E-state index contributed by atoms with van der Waals surface area (Å²) in [5, 5.41) is 5.52. The highest BCUT2D eigenvalue weighted by Crippen LogP contribution is 2.53. The van der Waals surface area contributed by atoms with E-state index in [2.05, 4.69) is 57.4 Å². The number of carbonyl (C=O) groups excluding carboxylic acids is 7. The van der Waals surface area contributed by atoms with Crippen LogP contribution in [0.15, 0.2) is 73.1 Å². The van der Waals surface area contributed by atoms with E-state index in [0.29, 0.717) is 101 Å². The Bertz CT molecular complexity index is 3410. The molecule has 19 heteroatoms. The monoisotopic (exact) mass is 1100 g/mol. The number of aromatic nitrogens is 3. The van der Waals surface area contributed by atoms with Crippen LogP contribution in [0.4, 0.5) is 27.3 Å². The van der Waals surface area contributed by atoms with Crippen molar-refractivity contribution < 1.29 is 38.0 Å². The number of benzene rings is 3. The van der Waals surface area contributed by atoms with E-state index < -0.39 is 40.5 Å². The molecule has 2 N–H and O–H groups in total. The number of amides is 7. The van der Waals surface area contributed by atoms with Gasteiger partial charge in [0.05, 0.1) is 39.8 Å². The van der Waals surface area contributed by atoms with E-state index in [0.717, 1.165) is 64.4 Å². The van der Waals surface area contributed by atoms with Crippen LogP contribution < -0.4 is 20.4 Å². The first-order valence-corrected chi connectivity index (χ1v) is 29.4. The van der Waals surface area contributed by atoms with Gasteiger partial charge < -0.3 is 34.4 Å². The van der Waals surface area contributed by atoms with Crippen LogP contribution in [-0.2, 0) is 29.4 Å². The lowest BCUT2D eigenvalue weighted by atomic mass is 9.72. The first-order chi connectivity index (χ1) is 39.1. The minimum atomic E-state index is -1.03. The zero-order valence-corrected chi connectivity index (χ0v) is 46.4. The summed E-state index contributed by atoms with van der Waals surface area (Å²) in [6.45, 7) is 11.4. The van der Waals surface area contributed by atoms with Gasteiger partial charge in [-0.15, -0.1) is 0 Å². The van der Waals surface area contributed by atoms with Crippen molar-refractivity contribution in [2.24, 2.45) is 11.3 Å². The fourth-order valence-corrected chi connectivity index (χ4v) is 14.5. The molecule has 7 amide bonds.